The normalized spacial score (nSPS) is 14.7. The van der Waals surface area contributed by atoms with Gasteiger partial charge >= 0.3 is 0 Å². The lowest BCUT2D eigenvalue weighted by Gasteiger charge is -2.20. The van der Waals surface area contributed by atoms with Crippen molar-refractivity contribution in [2.75, 3.05) is 24.9 Å². The summed E-state index contributed by atoms with van der Waals surface area (Å²) in [7, 11) is 1.75. The van der Waals surface area contributed by atoms with Crippen molar-refractivity contribution in [3.05, 3.63) is 47.5 Å². The van der Waals surface area contributed by atoms with Crippen LogP contribution in [0.2, 0.25) is 0 Å². The summed E-state index contributed by atoms with van der Waals surface area (Å²) in [6.07, 6.45) is 0. The van der Waals surface area contributed by atoms with Crippen molar-refractivity contribution in [3.63, 3.8) is 0 Å². The van der Waals surface area contributed by atoms with Gasteiger partial charge in [0.1, 0.15) is 0 Å². The van der Waals surface area contributed by atoms with E-state index >= 15 is 0 Å². The number of hydrogen-bond donors (Lipinski definition) is 1. The van der Waals surface area contributed by atoms with Crippen LogP contribution in [0.1, 0.15) is 15.9 Å². The summed E-state index contributed by atoms with van der Waals surface area (Å²) < 4.78 is 10.7. The molecule has 7 heteroatoms. The summed E-state index contributed by atoms with van der Waals surface area (Å²) in [5.41, 5.74) is 2.20. The molecule has 6 nitrogen and oxygen atoms in total. The number of nitrogens with one attached hydrogen (secondary N) is 1. The minimum atomic E-state index is -0.106. The van der Waals surface area contributed by atoms with Crippen molar-refractivity contribution in [1.82, 2.24) is 4.90 Å². The van der Waals surface area contributed by atoms with Crippen molar-refractivity contribution in [3.8, 4) is 11.5 Å². The van der Waals surface area contributed by atoms with E-state index in [0.717, 1.165) is 16.2 Å². The van der Waals surface area contributed by atoms with Crippen LogP contribution in [0.25, 0.3) is 0 Å². The van der Waals surface area contributed by atoms with Crippen LogP contribution in [0, 0.1) is 0 Å². The Balaban J connectivity index is 1.50. The zero-order valence-electron chi connectivity index (χ0n) is 13.6. The van der Waals surface area contributed by atoms with E-state index < -0.39 is 0 Å². The number of rotatable bonds is 3. The van der Waals surface area contributed by atoms with Gasteiger partial charge in [-0.25, -0.2) is 0 Å². The number of anilines is 1. The van der Waals surface area contributed by atoms with Crippen LogP contribution >= 0.6 is 11.8 Å². The Morgan fingerprint density at radius 3 is 2.92 bits per heavy atom. The van der Waals surface area contributed by atoms with E-state index in [-0.39, 0.29) is 18.6 Å². The van der Waals surface area contributed by atoms with Crippen LogP contribution in [0.5, 0.6) is 11.5 Å². The summed E-state index contributed by atoms with van der Waals surface area (Å²) in [6, 6.07) is 11.1. The highest BCUT2D eigenvalue weighted by atomic mass is 32.2. The minimum absolute atomic E-state index is 0.0455. The van der Waals surface area contributed by atoms with Crippen LogP contribution in [0.4, 0.5) is 5.69 Å². The van der Waals surface area contributed by atoms with Crippen molar-refractivity contribution in [2.24, 2.45) is 0 Å². The molecule has 0 unspecified atom stereocenters. The van der Waals surface area contributed by atoms with Gasteiger partial charge < -0.3 is 19.7 Å². The van der Waals surface area contributed by atoms with E-state index in [1.165, 1.54) is 11.8 Å². The van der Waals surface area contributed by atoms with Gasteiger partial charge in [-0.1, -0.05) is 6.07 Å². The number of carbonyl (C=O) groups excluding carboxylic acids is 2. The summed E-state index contributed by atoms with van der Waals surface area (Å²) in [4.78, 5) is 26.8. The first-order valence-corrected chi connectivity index (χ1v) is 8.79. The second kappa shape index (κ2) is 6.33. The molecule has 2 aromatic rings. The van der Waals surface area contributed by atoms with Crippen LogP contribution < -0.4 is 14.8 Å². The van der Waals surface area contributed by atoms with E-state index in [0.29, 0.717) is 29.3 Å². The lowest BCUT2D eigenvalue weighted by atomic mass is 10.1. The molecule has 2 amide bonds. The lowest BCUT2D eigenvalue weighted by molar-refractivity contribution is -0.113. The third-order valence-electron chi connectivity index (χ3n) is 4.06. The molecule has 4 rings (SSSR count). The predicted octanol–water partition coefficient (Wildman–Crippen LogP) is 2.73. The van der Waals surface area contributed by atoms with E-state index in [9.17, 15) is 9.59 Å². The van der Waals surface area contributed by atoms with Crippen molar-refractivity contribution in [1.29, 1.82) is 0 Å². The maximum absolute atomic E-state index is 12.7. The zero-order valence-corrected chi connectivity index (χ0v) is 14.4. The molecule has 2 aliphatic heterocycles. The second-order valence-electron chi connectivity index (χ2n) is 5.90. The highest BCUT2D eigenvalue weighted by Gasteiger charge is 2.20. The monoisotopic (exact) mass is 356 g/mol. The fourth-order valence-corrected chi connectivity index (χ4v) is 3.61. The summed E-state index contributed by atoms with van der Waals surface area (Å²) in [5.74, 6) is 1.68. The summed E-state index contributed by atoms with van der Waals surface area (Å²) in [6.45, 7) is 0.681. The first-order chi connectivity index (χ1) is 12.1. The second-order valence-corrected chi connectivity index (χ2v) is 6.91. The fraction of sp³-hybridized carbons (Fsp3) is 0.222. The Morgan fingerprint density at radius 2 is 2.04 bits per heavy atom. The topological polar surface area (TPSA) is 67.9 Å². The fourth-order valence-electron chi connectivity index (χ4n) is 2.82. The Kier molecular flexibility index (Phi) is 4.01. The third kappa shape index (κ3) is 3.15. The van der Waals surface area contributed by atoms with Gasteiger partial charge in [0.25, 0.3) is 5.91 Å². The first-order valence-electron chi connectivity index (χ1n) is 7.81. The van der Waals surface area contributed by atoms with Crippen LogP contribution in [-0.4, -0.2) is 36.3 Å². The van der Waals surface area contributed by atoms with E-state index in [1.54, 1.807) is 24.1 Å². The SMILES string of the molecule is CN(Cc1ccc2c(c1)OCO2)C(=O)c1ccc2c(c1)NC(=O)CS2. The van der Waals surface area contributed by atoms with E-state index in [1.807, 2.05) is 24.3 Å². The molecule has 2 heterocycles. The van der Waals surface area contributed by atoms with Gasteiger partial charge in [0.2, 0.25) is 12.7 Å². The van der Waals surface area contributed by atoms with E-state index in [4.69, 9.17) is 9.47 Å². The van der Waals surface area contributed by atoms with Gasteiger partial charge in [-0.05, 0) is 35.9 Å². The number of benzene rings is 2. The molecule has 1 N–H and O–H groups in total. The molecule has 0 saturated carbocycles. The molecule has 0 aromatic heterocycles. The average Bonchev–Trinajstić information content (AvgIpc) is 3.08. The summed E-state index contributed by atoms with van der Waals surface area (Å²) >= 11 is 1.48. The highest BCUT2D eigenvalue weighted by molar-refractivity contribution is 8.00. The zero-order chi connectivity index (χ0) is 17.4. The number of hydrogen-bond acceptors (Lipinski definition) is 5. The number of amides is 2. The summed E-state index contributed by atoms with van der Waals surface area (Å²) in [5, 5.41) is 2.81. The minimum Gasteiger partial charge on any atom is -0.454 e. The number of ether oxygens (including phenoxy) is 2. The highest BCUT2D eigenvalue weighted by Crippen LogP contribution is 2.34. The molecule has 128 valence electrons. The van der Waals surface area contributed by atoms with Gasteiger partial charge in [0, 0.05) is 24.1 Å². The largest absolute Gasteiger partial charge is 0.454 e. The number of carbonyl (C=O) groups is 2. The number of nitrogens with zero attached hydrogens (tertiary/aromatic N) is 1. The molecule has 25 heavy (non-hydrogen) atoms. The van der Waals surface area contributed by atoms with Crippen molar-refractivity contribution in [2.45, 2.75) is 11.4 Å². The molecule has 0 aliphatic carbocycles. The third-order valence-corrected chi connectivity index (χ3v) is 5.14. The molecule has 0 saturated heterocycles. The van der Waals surface area contributed by atoms with Gasteiger partial charge in [0.15, 0.2) is 11.5 Å². The molecule has 0 fully saturated rings. The average molecular weight is 356 g/mol. The molecule has 0 bridgehead atoms. The maximum atomic E-state index is 12.7. The molecule has 0 radical (unpaired) electrons. The molecule has 2 aromatic carbocycles. The molecule has 0 atom stereocenters. The lowest BCUT2D eigenvalue weighted by Crippen LogP contribution is -2.26. The molecule has 0 spiro atoms. The standard InChI is InChI=1S/C18H16N2O4S/c1-20(8-11-2-4-14-15(6-11)24-10-23-14)18(22)12-3-5-16-13(7-12)19-17(21)9-25-16/h2-7H,8-10H2,1H3,(H,19,21). The molecule has 2 aliphatic rings. The number of fused-ring (bicyclic) bond motifs is 2. The Hall–Kier alpha value is -2.67. The first kappa shape index (κ1) is 15.8. The van der Waals surface area contributed by atoms with Crippen LogP contribution in [0.15, 0.2) is 41.3 Å². The quantitative estimate of drug-likeness (QED) is 0.916. The Labute approximate surface area is 149 Å². The van der Waals surface area contributed by atoms with Crippen molar-refractivity contribution >= 4 is 29.3 Å². The predicted molar refractivity (Wildman–Crippen MR) is 94.2 cm³/mol. The van der Waals surface area contributed by atoms with E-state index in [2.05, 4.69) is 5.32 Å². The number of thioether (sulfide) groups is 1. The molecular weight excluding hydrogens is 340 g/mol. The van der Waals surface area contributed by atoms with Gasteiger partial charge in [-0.3, -0.25) is 9.59 Å². The molecular formula is C18H16N2O4S. The smallest absolute Gasteiger partial charge is 0.253 e. The van der Waals surface area contributed by atoms with Gasteiger partial charge in [-0.2, -0.15) is 0 Å². The van der Waals surface area contributed by atoms with Crippen LogP contribution in [0.3, 0.4) is 0 Å². The van der Waals surface area contributed by atoms with Crippen molar-refractivity contribution < 1.29 is 19.1 Å². The van der Waals surface area contributed by atoms with Gasteiger partial charge in [0.05, 0.1) is 11.4 Å². The van der Waals surface area contributed by atoms with Crippen LogP contribution in [-0.2, 0) is 11.3 Å². The maximum Gasteiger partial charge on any atom is 0.253 e. The Morgan fingerprint density at radius 1 is 1.20 bits per heavy atom. The van der Waals surface area contributed by atoms with Gasteiger partial charge in [-0.15, -0.1) is 11.8 Å². The Bertz CT molecular complexity index is 868.